The van der Waals surface area contributed by atoms with E-state index in [1.165, 1.54) is 0 Å². The Morgan fingerprint density at radius 3 is 3.00 bits per heavy atom. The van der Waals surface area contributed by atoms with Gasteiger partial charge in [-0.3, -0.25) is 0 Å². The molecule has 1 aromatic rings. The summed E-state index contributed by atoms with van der Waals surface area (Å²) in [5.41, 5.74) is 0.995. The second-order valence-corrected chi connectivity index (χ2v) is 4.07. The number of rotatable bonds is 1. The third-order valence-electron chi connectivity index (χ3n) is 2.56. The van der Waals surface area contributed by atoms with Gasteiger partial charge in [0.15, 0.2) is 0 Å². The van der Waals surface area contributed by atoms with Gasteiger partial charge in [-0.15, -0.1) is 0 Å². The van der Waals surface area contributed by atoms with Crippen LogP contribution in [0.2, 0.25) is 5.02 Å². The second-order valence-electron chi connectivity index (χ2n) is 3.64. The Labute approximate surface area is 89.2 Å². The van der Waals surface area contributed by atoms with Crippen molar-refractivity contribution in [2.45, 2.75) is 32.4 Å². The molecule has 0 amide bonds. The molecule has 1 aliphatic rings. The van der Waals surface area contributed by atoms with E-state index in [1.807, 2.05) is 18.2 Å². The summed E-state index contributed by atoms with van der Waals surface area (Å²) in [4.78, 5) is 0. The van der Waals surface area contributed by atoms with Gasteiger partial charge in [0.1, 0.15) is 11.9 Å². The van der Waals surface area contributed by atoms with Crippen LogP contribution in [0.1, 0.15) is 20.3 Å². The third-order valence-corrected chi connectivity index (χ3v) is 2.80. The summed E-state index contributed by atoms with van der Waals surface area (Å²) in [6.07, 6.45) is 1.26. The van der Waals surface area contributed by atoms with Gasteiger partial charge in [-0.2, -0.15) is 0 Å². The Hall–Kier alpha value is -0.890. The summed E-state index contributed by atoms with van der Waals surface area (Å²) in [6, 6.07) is 6.01. The van der Waals surface area contributed by atoms with Crippen LogP contribution in [-0.2, 0) is 0 Å². The number of nitrogens with one attached hydrogen (secondary N) is 1. The number of benzene rings is 1. The van der Waals surface area contributed by atoms with Crippen LogP contribution < -0.4 is 10.1 Å². The maximum Gasteiger partial charge on any atom is 0.143 e. The van der Waals surface area contributed by atoms with Gasteiger partial charge < -0.3 is 10.1 Å². The minimum absolute atomic E-state index is 0.253. The van der Waals surface area contributed by atoms with Crippen LogP contribution in [0.5, 0.6) is 5.75 Å². The quantitative estimate of drug-likeness (QED) is 0.770. The van der Waals surface area contributed by atoms with Crippen molar-refractivity contribution in [2.75, 3.05) is 5.32 Å². The van der Waals surface area contributed by atoms with Crippen molar-refractivity contribution >= 4 is 17.3 Å². The Kier molecular flexibility index (Phi) is 2.55. The first-order chi connectivity index (χ1) is 6.70. The summed E-state index contributed by atoms with van der Waals surface area (Å²) < 4.78 is 5.83. The maximum atomic E-state index is 5.90. The molecule has 0 bridgehead atoms. The molecule has 2 rings (SSSR count). The van der Waals surface area contributed by atoms with E-state index in [-0.39, 0.29) is 6.10 Å². The predicted molar refractivity (Wildman–Crippen MR) is 59.2 cm³/mol. The SMILES string of the molecule is CCC1Oc2ccc(Cl)cc2NC1C. The van der Waals surface area contributed by atoms with Crippen LogP contribution in [0.15, 0.2) is 18.2 Å². The van der Waals surface area contributed by atoms with Crippen molar-refractivity contribution < 1.29 is 4.74 Å². The van der Waals surface area contributed by atoms with Gasteiger partial charge in [0.05, 0.1) is 11.7 Å². The van der Waals surface area contributed by atoms with Crippen molar-refractivity contribution in [2.24, 2.45) is 0 Å². The van der Waals surface area contributed by atoms with Gasteiger partial charge >= 0.3 is 0 Å². The second kappa shape index (κ2) is 3.70. The first-order valence-electron chi connectivity index (χ1n) is 4.93. The van der Waals surface area contributed by atoms with Gasteiger partial charge in [-0.25, -0.2) is 0 Å². The molecule has 1 aromatic carbocycles. The summed E-state index contributed by atoms with van der Waals surface area (Å²) in [6.45, 7) is 4.25. The minimum atomic E-state index is 0.253. The fourth-order valence-electron chi connectivity index (χ4n) is 1.76. The van der Waals surface area contributed by atoms with E-state index in [0.29, 0.717) is 6.04 Å². The molecule has 0 aliphatic carbocycles. The van der Waals surface area contributed by atoms with E-state index in [0.717, 1.165) is 22.9 Å². The van der Waals surface area contributed by atoms with Gasteiger partial charge in [0.2, 0.25) is 0 Å². The van der Waals surface area contributed by atoms with Gasteiger partial charge in [-0.1, -0.05) is 18.5 Å². The van der Waals surface area contributed by atoms with Crippen LogP contribution in [-0.4, -0.2) is 12.1 Å². The molecule has 0 saturated heterocycles. The van der Waals surface area contributed by atoms with Crippen LogP contribution in [0.3, 0.4) is 0 Å². The lowest BCUT2D eigenvalue weighted by molar-refractivity contribution is 0.170. The van der Waals surface area contributed by atoms with Gasteiger partial charge in [0.25, 0.3) is 0 Å². The third kappa shape index (κ3) is 1.67. The molecule has 0 spiro atoms. The first kappa shape index (κ1) is 9.66. The highest BCUT2D eigenvalue weighted by Gasteiger charge is 2.24. The topological polar surface area (TPSA) is 21.3 Å². The molecule has 76 valence electrons. The molecule has 0 radical (unpaired) electrons. The lowest BCUT2D eigenvalue weighted by Crippen LogP contribution is -2.38. The summed E-state index contributed by atoms with van der Waals surface area (Å²) in [5.74, 6) is 0.902. The maximum absolute atomic E-state index is 5.90. The molecule has 2 unspecified atom stereocenters. The van der Waals surface area contributed by atoms with E-state index in [2.05, 4.69) is 19.2 Å². The molecule has 0 aromatic heterocycles. The molecule has 14 heavy (non-hydrogen) atoms. The molecule has 1 N–H and O–H groups in total. The Morgan fingerprint density at radius 1 is 1.50 bits per heavy atom. The van der Waals surface area contributed by atoms with E-state index in [1.54, 1.807) is 0 Å². The standard InChI is InChI=1S/C11H14ClNO/c1-3-10-7(2)13-9-6-8(12)4-5-11(9)14-10/h4-7,10,13H,3H2,1-2H3. The number of halogens is 1. The number of hydrogen-bond acceptors (Lipinski definition) is 2. The normalized spacial score (nSPS) is 24.8. The molecule has 2 atom stereocenters. The van der Waals surface area contributed by atoms with Crippen molar-refractivity contribution in [3.8, 4) is 5.75 Å². The molecular weight excluding hydrogens is 198 g/mol. The largest absolute Gasteiger partial charge is 0.486 e. The summed E-state index contributed by atoms with van der Waals surface area (Å²) in [7, 11) is 0. The van der Waals surface area contributed by atoms with E-state index in [9.17, 15) is 0 Å². The van der Waals surface area contributed by atoms with Crippen LogP contribution in [0.25, 0.3) is 0 Å². The van der Waals surface area contributed by atoms with E-state index >= 15 is 0 Å². The number of hydrogen-bond donors (Lipinski definition) is 1. The predicted octanol–water partition coefficient (Wildman–Crippen LogP) is 3.31. The average molecular weight is 212 g/mol. The first-order valence-corrected chi connectivity index (χ1v) is 5.31. The molecule has 2 nitrogen and oxygen atoms in total. The van der Waals surface area contributed by atoms with Crippen LogP contribution >= 0.6 is 11.6 Å². The van der Waals surface area contributed by atoms with Gasteiger partial charge in [0, 0.05) is 5.02 Å². The average Bonchev–Trinajstić information content (AvgIpc) is 2.16. The van der Waals surface area contributed by atoms with Crippen molar-refractivity contribution in [1.29, 1.82) is 0 Å². The fraction of sp³-hybridized carbons (Fsp3) is 0.455. The highest BCUT2D eigenvalue weighted by molar-refractivity contribution is 6.30. The monoisotopic (exact) mass is 211 g/mol. The zero-order valence-electron chi connectivity index (χ0n) is 8.38. The lowest BCUT2D eigenvalue weighted by Gasteiger charge is -2.32. The molecule has 1 aliphatic heterocycles. The van der Waals surface area contributed by atoms with Crippen molar-refractivity contribution in [1.82, 2.24) is 0 Å². The highest BCUT2D eigenvalue weighted by atomic mass is 35.5. The summed E-state index contributed by atoms with van der Waals surface area (Å²) in [5, 5.41) is 4.13. The fourth-order valence-corrected chi connectivity index (χ4v) is 1.93. The Balaban J connectivity index is 2.30. The van der Waals surface area contributed by atoms with Gasteiger partial charge in [-0.05, 0) is 31.5 Å². The van der Waals surface area contributed by atoms with E-state index < -0.39 is 0 Å². The van der Waals surface area contributed by atoms with Crippen molar-refractivity contribution in [3.05, 3.63) is 23.2 Å². The Bertz CT molecular complexity index is 340. The van der Waals surface area contributed by atoms with Crippen LogP contribution in [0, 0.1) is 0 Å². The summed E-state index contributed by atoms with van der Waals surface area (Å²) >= 11 is 5.90. The number of ether oxygens (including phenoxy) is 1. The lowest BCUT2D eigenvalue weighted by atomic mass is 10.1. The number of anilines is 1. The smallest absolute Gasteiger partial charge is 0.143 e. The molecule has 0 fully saturated rings. The molecular formula is C11H14ClNO. The number of fused-ring (bicyclic) bond motifs is 1. The van der Waals surface area contributed by atoms with Crippen molar-refractivity contribution in [3.63, 3.8) is 0 Å². The highest BCUT2D eigenvalue weighted by Crippen LogP contribution is 2.34. The minimum Gasteiger partial charge on any atom is -0.486 e. The van der Waals surface area contributed by atoms with Crippen LogP contribution in [0.4, 0.5) is 5.69 Å². The molecule has 0 saturated carbocycles. The van der Waals surface area contributed by atoms with E-state index in [4.69, 9.17) is 16.3 Å². The zero-order chi connectivity index (χ0) is 10.1. The molecule has 3 heteroatoms. The molecule has 1 heterocycles. The zero-order valence-corrected chi connectivity index (χ0v) is 9.14. The Morgan fingerprint density at radius 2 is 2.29 bits per heavy atom.